The number of para-hydroxylation sites is 3. The van der Waals surface area contributed by atoms with Crippen LogP contribution in [0.1, 0.15) is 17.3 Å². The van der Waals surface area contributed by atoms with Gasteiger partial charge in [-0.1, -0.05) is 146 Å². The second-order valence-corrected chi connectivity index (χ2v) is 13.9. The van der Waals surface area contributed by atoms with Gasteiger partial charge in [0.05, 0.1) is 22.1 Å². The monoisotopic (exact) mass is 691 g/mol. The van der Waals surface area contributed by atoms with Gasteiger partial charge in [-0.3, -0.25) is 4.57 Å². The normalized spacial score (nSPS) is 14.5. The Labute approximate surface area is 311 Å². The molecule has 5 heteroatoms. The van der Waals surface area contributed by atoms with Gasteiger partial charge in [-0.25, -0.2) is 4.99 Å². The van der Waals surface area contributed by atoms with Gasteiger partial charge >= 0.3 is 0 Å². The SMILES string of the molecule is c1ccc(C2=NC(c3ccccc3)NC(n3c4ccccc4c4cc(-c5ccc6c(c5)c5ccccc5n6-c5ccccc5)c5ccccc5c43)=N2)cc1. The molecule has 0 aliphatic carbocycles. The first kappa shape index (κ1) is 30.4. The minimum Gasteiger partial charge on any atom is -0.330 e. The van der Waals surface area contributed by atoms with Crippen LogP contribution in [-0.4, -0.2) is 20.9 Å². The summed E-state index contributed by atoms with van der Waals surface area (Å²) in [4.78, 5) is 10.4. The van der Waals surface area contributed by atoms with Gasteiger partial charge in [-0.2, -0.15) is 4.99 Å². The predicted molar refractivity (Wildman–Crippen MR) is 225 cm³/mol. The summed E-state index contributed by atoms with van der Waals surface area (Å²) in [5, 5.41) is 10.9. The van der Waals surface area contributed by atoms with E-state index in [4.69, 9.17) is 9.98 Å². The van der Waals surface area contributed by atoms with Crippen LogP contribution in [0.25, 0.3) is 71.2 Å². The third kappa shape index (κ3) is 4.72. The van der Waals surface area contributed by atoms with Crippen LogP contribution in [0.3, 0.4) is 0 Å². The highest BCUT2D eigenvalue weighted by Crippen LogP contribution is 2.42. The lowest BCUT2D eigenvalue weighted by atomic mass is 9.94. The molecule has 11 rings (SSSR count). The maximum Gasteiger partial charge on any atom is 0.211 e. The zero-order chi connectivity index (χ0) is 35.6. The fraction of sp³-hybridized carbons (Fsp3) is 0.0204. The second kappa shape index (κ2) is 12.2. The number of rotatable bonds is 4. The highest BCUT2D eigenvalue weighted by Gasteiger charge is 2.26. The highest BCUT2D eigenvalue weighted by atomic mass is 15.3. The van der Waals surface area contributed by atoms with Crippen molar-refractivity contribution >= 4 is 66.2 Å². The summed E-state index contributed by atoms with van der Waals surface area (Å²) < 4.78 is 4.68. The second-order valence-electron chi connectivity index (χ2n) is 13.9. The van der Waals surface area contributed by atoms with Crippen LogP contribution in [0.15, 0.2) is 198 Å². The topological polar surface area (TPSA) is 46.6 Å². The largest absolute Gasteiger partial charge is 0.330 e. The fourth-order valence-electron chi connectivity index (χ4n) is 8.35. The molecule has 1 aliphatic heterocycles. The molecule has 254 valence electrons. The first-order valence-corrected chi connectivity index (χ1v) is 18.4. The number of hydrogen-bond acceptors (Lipinski definition) is 3. The molecule has 0 fully saturated rings. The van der Waals surface area contributed by atoms with Gasteiger partial charge in [-0.15, -0.1) is 0 Å². The molecule has 0 bridgehead atoms. The standard InChI is InChI=1S/C49H33N5/c1-4-16-32(17-5-1)47-50-48(33-18-6-2-7-19-33)52-49(51-47)54-44-27-15-13-24-38(44)42-31-40(36-22-10-11-25-39(36)46(42)54)34-28-29-45-41(30-34)37-23-12-14-26-43(37)53(45)35-20-8-3-9-21-35/h1-31,47H,(H,50,51,52). The molecule has 0 radical (unpaired) electrons. The molecule has 8 aromatic carbocycles. The Morgan fingerprint density at radius 3 is 1.74 bits per heavy atom. The first-order valence-electron chi connectivity index (χ1n) is 18.4. The van der Waals surface area contributed by atoms with Gasteiger partial charge in [0.25, 0.3) is 0 Å². The molecular formula is C49H33N5. The molecule has 0 saturated heterocycles. The van der Waals surface area contributed by atoms with Crippen LogP contribution >= 0.6 is 0 Å². The van der Waals surface area contributed by atoms with Crippen LogP contribution < -0.4 is 5.32 Å². The number of aromatic nitrogens is 2. The van der Waals surface area contributed by atoms with E-state index in [9.17, 15) is 0 Å². The molecule has 1 N–H and O–H groups in total. The Morgan fingerprint density at radius 1 is 0.426 bits per heavy atom. The van der Waals surface area contributed by atoms with Gasteiger partial charge in [-0.05, 0) is 64.5 Å². The number of aliphatic imine (C=N–C) groups is 2. The molecule has 2 aromatic heterocycles. The van der Waals surface area contributed by atoms with Gasteiger partial charge < -0.3 is 9.88 Å². The molecule has 0 saturated carbocycles. The van der Waals surface area contributed by atoms with E-state index in [2.05, 4.69) is 178 Å². The van der Waals surface area contributed by atoms with Crippen LogP contribution in [-0.2, 0) is 0 Å². The van der Waals surface area contributed by atoms with E-state index in [-0.39, 0.29) is 6.17 Å². The lowest BCUT2D eigenvalue weighted by molar-refractivity contribution is 0.661. The van der Waals surface area contributed by atoms with E-state index in [0.717, 1.165) is 39.2 Å². The van der Waals surface area contributed by atoms with Crippen molar-refractivity contribution in [1.29, 1.82) is 0 Å². The summed E-state index contributed by atoms with van der Waals surface area (Å²) >= 11 is 0. The molecule has 1 unspecified atom stereocenters. The minimum absolute atomic E-state index is 0.305. The third-order valence-electron chi connectivity index (χ3n) is 10.8. The van der Waals surface area contributed by atoms with Crippen molar-refractivity contribution in [3.8, 4) is 16.8 Å². The van der Waals surface area contributed by atoms with Crippen LogP contribution in [0.5, 0.6) is 0 Å². The number of benzene rings is 8. The Morgan fingerprint density at radius 2 is 1.00 bits per heavy atom. The van der Waals surface area contributed by atoms with Crippen molar-refractivity contribution in [3.05, 3.63) is 199 Å². The van der Waals surface area contributed by atoms with Crippen molar-refractivity contribution in [2.45, 2.75) is 6.17 Å². The Balaban J connectivity index is 1.16. The molecule has 0 spiro atoms. The van der Waals surface area contributed by atoms with Gasteiger partial charge in [0.1, 0.15) is 6.17 Å². The Hall–Kier alpha value is -7.24. The van der Waals surface area contributed by atoms with E-state index in [1.165, 1.54) is 49.1 Å². The molecule has 5 nitrogen and oxygen atoms in total. The summed E-state index contributed by atoms with van der Waals surface area (Å²) in [7, 11) is 0. The van der Waals surface area contributed by atoms with E-state index in [1.54, 1.807) is 0 Å². The number of amidine groups is 1. The summed E-state index contributed by atoms with van der Waals surface area (Å²) in [5.74, 6) is 1.45. The molecule has 54 heavy (non-hydrogen) atoms. The lowest BCUT2D eigenvalue weighted by Crippen LogP contribution is -2.37. The summed E-state index contributed by atoms with van der Waals surface area (Å²) in [6, 6.07) is 66.8. The Kier molecular flexibility index (Phi) is 6.85. The van der Waals surface area contributed by atoms with Crippen molar-refractivity contribution in [3.63, 3.8) is 0 Å². The number of fused-ring (bicyclic) bond motifs is 8. The maximum atomic E-state index is 5.26. The van der Waals surface area contributed by atoms with Crippen LogP contribution in [0, 0.1) is 0 Å². The summed E-state index contributed by atoms with van der Waals surface area (Å²) in [6.45, 7) is 0. The van der Waals surface area contributed by atoms with Crippen LogP contribution in [0.4, 0.5) is 0 Å². The highest BCUT2D eigenvalue weighted by molar-refractivity contribution is 6.26. The quantitative estimate of drug-likeness (QED) is 0.196. The van der Waals surface area contributed by atoms with Crippen molar-refractivity contribution < 1.29 is 0 Å². The Bertz CT molecular complexity index is 3120. The predicted octanol–water partition coefficient (Wildman–Crippen LogP) is 11.7. The third-order valence-corrected chi connectivity index (χ3v) is 10.8. The number of hydrogen-bond donors (Lipinski definition) is 1. The smallest absolute Gasteiger partial charge is 0.211 e. The van der Waals surface area contributed by atoms with Crippen LogP contribution in [0.2, 0.25) is 0 Å². The molecule has 1 atom stereocenters. The molecule has 1 aliphatic rings. The van der Waals surface area contributed by atoms with Crippen molar-refractivity contribution in [2.24, 2.45) is 9.98 Å². The number of nitrogens with zero attached hydrogens (tertiary/aromatic N) is 4. The average Bonchev–Trinajstić information content (AvgIpc) is 3.77. The van der Waals surface area contributed by atoms with Crippen molar-refractivity contribution in [1.82, 2.24) is 14.5 Å². The molecule has 10 aromatic rings. The zero-order valence-corrected chi connectivity index (χ0v) is 29.3. The minimum atomic E-state index is -0.305. The van der Waals surface area contributed by atoms with Gasteiger partial charge in [0.15, 0.2) is 5.84 Å². The zero-order valence-electron chi connectivity index (χ0n) is 29.3. The number of nitrogens with one attached hydrogen (secondary N) is 1. The van der Waals surface area contributed by atoms with Gasteiger partial charge in [0.2, 0.25) is 5.96 Å². The van der Waals surface area contributed by atoms with E-state index < -0.39 is 0 Å². The fourth-order valence-corrected chi connectivity index (χ4v) is 8.35. The van der Waals surface area contributed by atoms with E-state index in [0.29, 0.717) is 5.84 Å². The lowest BCUT2D eigenvalue weighted by Gasteiger charge is -2.25. The summed E-state index contributed by atoms with van der Waals surface area (Å²) in [6.07, 6.45) is -0.305. The molecule has 3 heterocycles. The first-order chi connectivity index (χ1) is 26.8. The van der Waals surface area contributed by atoms with E-state index in [1.807, 2.05) is 24.3 Å². The average molecular weight is 692 g/mol. The van der Waals surface area contributed by atoms with Gasteiger partial charge in [0, 0.05) is 38.2 Å². The maximum absolute atomic E-state index is 5.26. The molecular weight excluding hydrogens is 659 g/mol. The van der Waals surface area contributed by atoms with E-state index >= 15 is 0 Å². The van der Waals surface area contributed by atoms with Crippen molar-refractivity contribution in [2.75, 3.05) is 0 Å². The molecule has 0 amide bonds. The summed E-state index contributed by atoms with van der Waals surface area (Å²) in [5.41, 5.74) is 10.2.